The molecule has 4 nitrogen and oxygen atoms in total. The van der Waals surface area contributed by atoms with Gasteiger partial charge in [-0.25, -0.2) is 0 Å². The molecule has 1 aromatic rings. The van der Waals surface area contributed by atoms with E-state index in [1.54, 1.807) is 19.1 Å². The van der Waals surface area contributed by atoms with Gasteiger partial charge in [-0.3, -0.25) is 4.79 Å². The molecule has 1 rings (SSSR count). The van der Waals surface area contributed by atoms with E-state index in [1.807, 2.05) is 35.6 Å². The van der Waals surface area contributed by atoms with Crippen molar-refractivity contribution < 1.29 is 14.3 Å². The highest BCUT2D eigenvalue weighted by atomic mass is 127. The topological polar surface area (TPSA) is 59.3 Å². The lowest BCUT2D eigenvalue weighted by Crippen LogP contribution is -2.08. The van der Waals surface area contributed by atoms with Crippen molar-refractivity contribution in [3.05, 3.63) is 21.3 Å². The molecule has 5 heteroatoms. The van der Waals surface area contributed by atoms with Gasteiger partial charge in [0.15, 0.2) is 11.5 Å². The molecule has 17 heavy (non-hydrogen) atoms. The molecule has 0 aliphatic carbocycles. The molecule has 0 spiro atoms. The largest absolute Gasteiger partial charge is 0.490 e. The van der Waals surface area contributed by atoms with Gasteiger partial charge >= 0.3 is 5.97 Å². The van der Waals surface area contributed by atoms with Crippen LogP contribution in [0.1, 0.15) is 25.8 Å². The highest BCUT2D eigenvalue weighted by molar-refractivity contribution is 14.1. The molecule has 0 atom stereocenters. The Hall–Kier alpha value is -1.29. The number of nitrogens with zero attached hydrogens (tertiary/aromatic N) is 1. The van der Waals surface area contributed by atoms with Gasteiger partial charge in [-0.2, -0.15) is 5.26 Å². The van der Waals surface area contributed by atoms with Gasteiger partial charge in [-0.15, -0.1) is 0 Å². The van der Waals surface area contributed by atoms with Crippen LogP contribution in [0, 0.1) is 14.9 Å². The summed E-state index contributed by atoms with van der Waals surface area (Å²) >= 11 is 2.02. The summed E-state index contributed by atoms with van der Waals surface area (Å²) < 4.78 is 11.3. The Morgan fingerprint density at radius 2 is 2.18 bits per heavy atom. The van der Waals surface area contributed by atoms with Crippen molar-refractivity contribution >= 4 is 28.6 Å². The van der Waals surface area contributed by atoms with Gasteiger partial charge in [0, 0.05) is 12.5 Å². The van der Waals surface area contributed by atoms with Crippen molar-refractivity contribution in [2.45, 2.75) is 20.3 Å². The Morgan fingerprint density at radius 1 is 1.47 bits per heavy atom. The van der Waals surface area contributed by atoms with Gasteiger partial charge in [-0.05, 0) is 35.6 Å². The van der Waals surface area contributed by atoms with E-state index in [1.165, 1.54) is 0 Å². The Bertz CT molecular complexity index is 466. The predicted molar refractivity (Wildman–Crippen MR) is 71.0 cm³/mol. The van der Waals surface area contributed by atoms with Gasteiger partial charge in [0.25, 0.3) is 0 Å². The number of carbonyl (C=O) groups excluding carboxylic acids is 1. The Balaban J connectivity index is 3.17. The lowest BCUT2D eigenvalue weighted by Gasteiger charge is -2.12. The van der Waals surface area contributed by atoms with E-state index in [2.05, 4.69) is 0 Å². The Labute approximate surface area is 114 Å². The molecule has 0 N–H and O–H groups in total. The maximum atomic E-state index is 11.3. The molecule has 0 aliphatic heterocycles. The maximum Gasteiger partial charge on any atom is 0.311 e. The van der Waals surface area contributed by atoms with Crippen molar-refractivity contribution in [2.75, 3.05) is 6.61 Å². The molecule has 0 amide bonds. The van der Waals surface area contributed by atoms with Crippen LogP contribution in [0.5, 0.6) is 11.5 Å². The minimum absolute atomic E-state index is 0.293. The van der Waals surface area contributed by atoms with E-state index in [4.69, 9.17) is 14.7 Å². The van der Waals surface area contributed by atoms with Gasteiger partial charge < -0.3 is 9.47 Å². The van der Waals surface area contributed by atoms with E-state index >= 15 is 0 Å². The average molecular weight is 345 g/mol. The maximum absolute atomic E-state index is 11.3. The van der Waals surface area contributed by atoms with E-state index < -0.39 is 0 Å². The molecule has 0 fully saturated rings. The molecule has 0 bridgehead atoms. The second kappa shape index (κ2) is 6.45. The fraction of sp³-hybridized carbons (Fsp3) is 0.333. The van der Waals surface area contributed by atoms with Crippen molar-refractivity contribution in [2.24, 2.45) is 0 Å². The van der Waals surface area contributed by atoms with E-state index in [-0.39, 0.29) is 5.97 Å². The normalized spacial score (nSPS) is 9.53. The van der Waals surface area contributed by atoms with E-state index in [0.29, 0.717) is 33.7 Å². The number of rotatable bonds is 4. The minimum atomic E-state index is -0.325. The first-order chi connectivity index (χ1) is 8.12. The highest BCUT2D eigenvalue weighted by Crippen LogP contribution is 2.34. The summed E-state index contributed by atoms with van der Waals surface area (Å²) in [5.74, 6) is 0.490. The molecular formula is C12H12INO3. The first kappa shape index (κ1) is 13.8. The molecule has 0 heterocycles. The number of carbonyl (C=O) groups is 1. The SMILES string of the molecule is CCOc1cc(C#N)cc(I)c1OC(=O)CC. The van der Waals surface area contributed by atoms with Crippen LogP contribution in [0.15, 0.2) is 12.1 Å². The fourth-order valence-electron chi connectivity index (χ4n) is 1.18. The summed E-state index contributed by atoms with van der Waals surface area (Å²) in [7, 11) is 0. The highest BCUT2D eigenvalue weighted by Gasteiger charge is 2.14. The summed E-state index contributed by atoms with van der Waals surface area (Å²) in [5, 5.41) is 8.86. The van der Waals surface area contributed by atoms with Crippen LogP contribution in [0.4, 0.5) is 0 Å². The zero-order valence-corrected chi connectivity index (χ0v) is 11.8. The molecule has 0 saturated heterocycles. The third kappa shape index (κ3) is 3.60. The zero-order valence-electron chi connectivity index (χ0n) is 9.62. The van der Waals surface area contributed by atoms with Crippen molar-refractivity contribution in [3.63, 3.8) is 0 Å². The monoisotopic (exact) mass is 345 g/mol. The van der Waals surface area contributed by atoms with Crippen LogP contribution in [0.3, 0.4) is 0 Å². The van der Waals surface area contributed by atoms with Gasteiger partial charge in [0.1, 0.15) is 0 Å². The summed E-state index contributed by atoms with van der Waals surface area (Å²) in [6, 6.07) is 5.26. The first-order valence-corrected chi connectivity index (χ1v) is 6.27. The number of hydrogen-bond acceptors (Lipinski definition) is 4. The Kier molecular flexibility index (Phi) is 5.22. The standard InChI is InChI=1S/C12H12INO3/c1-3-11(15)17-12-9(13)5-8(7-14)6-10(12)16-4-2/h5-6H,3-4H2,1-2H3. The van der Waals surface area contributed by atoms with Gasteiger partial charge in [0.05, 0.1) is 21.8 Å². The summed E-state index contributed by atoms with van der Waals surface area (Å²) in [6.45, 7) is 4.00. The minimum Gasteiger partial charge on any atom is -0.490 e. The predicted octanol–water partition coefficient (Wildman–Crippen LogP) is 2.88. The van der Waals surface area contributed by atoms with Crippen molar-refractivity contribution in [3.8, 4) is 17.6 Å². The van der Waals surface area contributed by atoms with Crippen LogP contribution in [0.2, 0.25) is 0 Å². The number of ether oxygens (including phenoxy) is 2. The number of halogens is 1. The molecular weight excluding hydrogens is 333 g/mol. The second-order valence-electron chi connectivity index (χ2n) is 3.16. The van der Waals surface area contributed by atoms with Crippen LogP contribution in [-0.4, -0.2) is 12.6 Å². The lowest BCUT2D eigenvalue weighted by molar-refractivity contribution is -0.134. The molecule has 0 aliphatic rings. The van der Waals surface area contributed by atoms with E-state index in [9.17, 15) is 4.79 Å². The second-order valence-corrected chi connectivity index (χ2v) is 4.32. The van der Waals surface area contributed by atoms with Crippen LogP contribution < -0.4 is 9.47 Å². The van der Waals surface area contributed by atoms with Crippen LogP contribution in [0.25, 0.3) is 0 Å². The molecule has 90 valence electrons. The zero-order chi connectivity index (χ0) is 12.8. The van der Waals surface area contributed by atoms with Crippen molar-refractivity contribution in [1.82, 2.24) is 0 Å². The van der Waals surface area contributed by atoms with Crippen molar-refractivity contribution in [1.29, 1.82) is 5.26 Å². The first-order valence-electron chi connectivity index (χ1n) is 5.19. The third-order valence-corrected chi connectivity index (χ3v) is 2.74. The fourth-order valence-corrected chi connectivity index (χ4v) is 1.89. The molecule has 1 aromatic carbocycles. The van der Waals surface area contributed by atoms with E-state index in [0.717, 1.165) is 0 Å². The quantitative estimate of drug-likeness (QED) is 0.478. The van der Waals surface area contributed by atoms with Crippen LogP contribution in [-0.2, 0) is 4.79 Å². The third-order valence-electron chi connectivity index (χ3n) is 1.94. The molecule has 0 radical (unpaired) electrons. The van der Waals surface area contributed by atoms with Gasteiger partial charge in [0.2, 0.25) is 0 Å². The molecule has 0 unspecified atom stereocenters. The van der Waals surface area contributed by atoms with Gasteiger partial charge in [-0.1, -0.05) is 6.92 Å². The molecule has 0 aromatic heterocycles. The number of esters is 1. The lowest BCUT2D eigenvalue weighted by atomic mass is 10.2. The smallest absolute Gasteiger partial charge is 0.311 e. The number of nitriles is 1. The number of hydrogen-bond donors (Lipinski definition) is 0. The summed E-state index contributed by atoms with van der Waals surface area (Å²) in [4.78, 5) is 11.3. The van der Waals surface area contributed by atoms with Crippen LogP contribution >= 0.6 is 22.6 Å². The molecule has 0 saturated carbocycles. The Morgan fingerprint density at radius 3 is 2.71 bits per heavy atom. The summed E-state index contributed by atoms with van der Waals surface area (Å²) in [6.07, 6.45) is 0.293. The average Bonchev–Trinajstić information content (AvgIpc) is 2.33. The number of benzene rings is 1. The summed E-state index contributed by atoms with van der Waals surface area (Å²) in [5.41, 5.74) is 0.481.